The number of aryl methyl sites for hydroxylation is 1. The Bertz CT molecular complexity index is 1510. The first-order valence-corrected chi connectivity index (χ1v) is 17.3. The Morgan fingerprint density at radius 1 is 0.909 bits per heavy atom. The molecular formula is C44H50. The lowest BCUT2D eigenvalue weighted by Gasteiger charge is -2.37. The monoisotopic (exact) mass is 578 g/mol. The summed E-state index contributed by atoms with van der Waals surface area (Å²) in [5.74, 6) is 6.90. The molecule has 6 rings (SSSR count). The number of rotatable bonds is 11. The van der Waals surface area contributed by atoms with Crippen LogP contribution in [0, 0.1) is 36.0 Å². The van der Waals surface area contributed by atoms with Gasteiger partial charge in [0, 0.05) is 11.5 Å². The molecule has 0 spiro atoms. The van der Waals surface area contributed by atoms with Crippen molar-refractivity contribution >= 4 is 5.57 Å². The summed E-state index contributed by atoms with van der Waals surface area (Å²) >= 11 is 0. The molecular weight excluding hydrogens is 528 g/mol. The summed E-state index contributed by atoms with van der Waals surface area (Å²) in [6.45, 7) is 9.32. The van der Waals surface area contributed by atoms with Gasteiger partial charge in [-0.05, 0) is 127 Å². The molecule has 2 unspecified atom stereocenters. The molecule has 0 nitrogen and oxygen atoms in total. The van der Waals surface area contributed by atoms with Crippen molar-refractivity contribution in [1.82, 2.24) is 0 Å². The van der Waals surface area contributed by atoms with Crippen LogP contribution >= 0.6 is 0 Å². The second-order valence-corrected chi connectivity index (χ2v) is 14.1. The van der Waals surface area contributed by atoms with E-state index in [0.29, 0.717) is 23.7 Å². The fourth-order valence-corrected chi connectivity index (χ4v) is 8.26. The van der Waals surface area contributed by atoms with Gasteiger partial charge in [0.25, 0.3) is 0 Å². The van der Waals surface area contributed by atoms with E-state index in [4.69, 9.17) is 13.0 Å². The van der Waals surface area contributed by atoms with E-state index in [1.807, 2.05) is 0 Å². The van der Waals surface area contributed by atoms with Crippen molar-refractivity contribution in [3.05, 3.63) is 137 Å². The normalized spacial score (nSPS) is 25.1. The van der Waals surface area contributed by atoms with E-state index < -0.39 is 0 Å². The Hall–Kier alpha value is -3.56. The molecule has 0 N–H and O–H groups in total. The van der Waals surface area contributed by atoms with Gasteiger partial charge in [0.2, 0.25) is 0 Å². The van der Waals surface area contributed by atoms with Crippen molar-refractivity contribution < 1.29 is 0 Å². The summed E-state index contributed by atoms with van der Waals surface area (Å²) in [5.41, 5.74) is 11.0. The highest BCUT2D eigenvalue weighted by molar-refractivity contribution is 5.76. The van der Waals surface area contributed by atoms with Gasteiger partial charge in [0.05, 0.1) is 0 Å². The molecule has 0 aromatic heterocycles. The Kier molecular flexibility index (Phi) is 9.72. The van der Waals surface area contributed by atoms with Crippen molar-refractivity contribution in [3.8, 4) is 12.3 Å². The number of terminal acetylenes is 1. The minimum atomic E-state index is 0.423. The van der Waals surface area contributed by atoms with Crippen molar-refractivity contribution in [2.24, 2.45) is 23.7 Å². The fourth-order valence-electron chi connectivity index (χ4n) is 8.26. The van der Waals surface area contributed by atoms with E-state index in [1.54, 1.807) is 0 Å². The molecule has 0 heteroatoms. The maximum atomic E-state index is 5.92. The SMILES string of the molecule is C#Cc1ccc(CC2CCC(C(C(=C)CCc3ccccc3)c3ccc(C4=CC(C)C=C4)cc3)CC2)cc1C1CC(CC)C1. The molecule has 226 valence electrons. The van der Waals surface area contributed by atoms with Gasteiger partial charge >= 0.3 is 0 Å². The van der Waals surface area contributed by atoms with E-state index in [1.165, 1.54) is 90.3 Å². The molecule has 0 aliphatic heterocycles. The summed E-state index contributed by atoms with van der Waals surface area (Å²) in [6.07, 6.45) is 25.2. The average Bonchev–Trinajstić information content (AvgIpc) is 3.47. The van der Waals surface area contributed by atoms with E-state index in [-0.39, 0.29) is 0 Å². The lowest BCUT2D eigenvalue weighted by Crippen LogP contribution is -2.24. The van der Waals surface area contributed by atoms with E-state index in [0.717, 1.165) is 30.2 Å². The van der Waals surface area contributed by atoms with Gasteiger partial charge in [-0.3, -0.25) is 0 Å². The minimum Gasteiger partial charge on any atom is -0.115 e. The molecule has 2 saturated carbocycles. The standard InChI is InChI=1S/C44H50/c1-5-33-28-42(29-33)43-30-36(17-19-37(43)6-2)27-35-15-20-39(21-16-35)44(32(4)13-14-34-10-8-7-9-11-34)40-24-22-38(23-25-40)41-18-12-31(3)26-41/h2,7-12,17-19,22-26,30-31,33,35,39,42,44H,4-5,13-16,20-21,27-29H2,1,3H3. The van der Waals surface area contributed by atoms with Gasteiger partial charge in [-0.25, -0.2) is 0 Å². The first-order chi connectivity index (χ1) is 21.5. The Labute approximate surface area is 267 Å². The molecule has 3 aliphatic carbocycles. The molecule has 0 saturated heterocycles. The molecule has 0 heterocycles. The molecule has 44 heavy (non-hydrogen) atoms. The number of hydrogen-bond acceptors (Lipinski definition) is 0. The van der Waals surface area contributed by atoms with Crippen molar-refractivity contribution in [2.45, 2.75) is 89.9 Å². The summed E-state index contributed by atoms with van der Waals surface area (Å²) in [7, 11) is 0. The summed E-state index contributed by atoms with van der Waals surface area (Å²) in [4.78, 5) is 0. The molecule has 0 amide bonds. The van der Waals surface area contributed by atoms with Crippen LogP contribution in [0.5, 0.6) is 0 Å². The second kappa shape index (κ2) is 14.0. The predicted octanol–water partition coefficient (Wildman–Crippen LogP) is 11.5. The quantitative estimate of drug-likeness (QED) is 0.157. The lowest BCUT2D eigenvalue weighted by atomic mass is 9.68. The average molecular weight is 579 g/mol. The summed E-state index contributed by atoms with van der Waals surface area (Å²) in [6, 6.07) is 27.4. The van der Waals surface area contributed by atoms with E-state index in [9.17, 15) is 0 Å². The highest BCUT2D eigenvalue weighted by Crippen LogP contribution is 2.46. The zero-order valence-corrected chi connectivity index (χ0v) is 27.0. The Morgan fingerprint density at radius 3 is 2.32 bits per heavy atom. The third-order valence-corrected chi connectivity index (χ3v) is 11.1. The third kappa shape index (κ3) is 7.05. The lowest BCUT2D eigenvalue weighted by molar-refractivity contribution is 0.250. The number of hydrogen-bond donors (Lipinski definition) is 0. The molecule has 0 radical (unpaired) electrons. The fraction of sp³-hybridized carbons (Fsp3) is 0.409. The van der Waals surface area contributed by atoms with Crippen LogP contribution in [0.25, 0.3) is 5.57 Å². The van der Waals surface area contributed by atoms with Gasteiger partial charge in [-0.1, -0.05) is 123 Å². The van der Waals surface area contributed by atoms with Crippen LogP contribution in [0.3, 0.4) is 0 Å². The van der Waals surface area contributed by atoms with Gasteiger partial charge in [0.15, 0.2) is 0 Å². The Morgan fingerprint density at radius 2 is 1.66 bits per heavy atom. The van der Waals surface area contributed by atoms with Crippen molar-refractivity contribution in [1.29, 1.82) is 0 Å². The first-order valence-electron chi connectivity index (χ1n) is 17.3. The van der Waals surface area contributed by atoms with E-state index in [2.05, 4.69) is 111 Å². The molecule has 2 atom stereocenters. The van der Waals surface area contributed by atoms with Crippen molar-refractivity contribution in [3.63, 3.8) is 0 Å². The van der Waals surface area contributed by atoms with Crippen molar-refractivity contribution in [2.75, 3.05) is 0 Å². The topological polar surface area (TPSA) is 0 Å². The molecule has 3 aromatic carbocycles. The van der Waals surface area contributed by atoms with Crippen LogP contribution in [0.4, 0.5) is 0 Å². The predicted molar refractivity (Wildman–Crippen MR) is 189 cm³/mol. The molecule has 2 fully saturated rings. The van der Waals surface area contributed by atoms with E-state index >= 15 is 0 Å². The van der Waals surface area contributed by atoms with Crippen LogP contribution in [0.2, 0.25) is 0 Å². The maximum absolute atomic E-state index is 5.92. The van der Waals surface area contributed by atoms with Crippen LogP contribution in [-0.2, 0) is 12.8 Å². The van der Waals surface area contributed by atoms with Crippen LogP contribution < -0.4 is 0 Å². The van der Waals surface area contributed by atoms with Crippen LogP contribution in [0.15, 0.2) is 103 Å². The zero-order chi connectivity index (χ0) is 30.5. The summed E-state index contributed by atoms with van der Waals surface area (Å²) in [5, 5.41) is 0. The minimum absolute atomic E-state index is 0.423. The molecule has 3 aliphatic rings. The summed E-state index contributed by atoms with van der Waals surface area (Å²) < 4.78 is 0. The highest BCUT2D eigenvalue weighted by Gasteiger charge is 2.32. The number of benzene rings is 3. The van der Waals surface area contributed by atoms with Gasteiger partial charge in [0.1, 0.15) is 0 Å². The van der Waals surface area contributed by atoms with Crippen LogP contribution in [0.1, 0.15) is 110 Å². The third-order valence-electron chi connectivity index (χ3n) is 11.1. The highest BCUT2D eigenvalue weighted by atomic mass is 14.4. The smallest absolute Gasteiger partial charge is 0.0277 e. The Balaban J connectivity index is 1.14. The second-order valence-electron chi connectivity index (χ2n) is 14.1. The molecule has 3 aromatic rings. The maximum Gasteiger partial charge on any atom is 0.0277 e. The first kappa shape index (κ1) is 30.5. The van der Waals surface area contributed by atoms with Gasteiger partial charge in [-0.2, -0.15) is 0 Å². The van der Waals surface area contributed by atoms with Crippen LogP contribution in [-0.4, -0.2) is 0 Å². The molecule has 0 bridgehead atoms. The largest absolute Gasteiger partial charge is 0.115 e. The van der Waals surface area contributed by atoms with Gasteiger partial charge in [-0.15, -0.1) is 6.42 Å². The van der Waals surface area contributed by atoms with Gasteiger partial charge < -0.3 is 0 Å². The zero-order valence-electron chi connectivity index (χ0n) is 27.0. The number of allylic oxidation sites excluding steroid dienone is 5.